The van der Waals surface area contributed by atoms with Gasteiger partial charge in [-0.1, -0.05) is 39.1 Å². The van der Waals surface area contributed by atoms with Crippen molar-refractivity contribution in [1.82, 2.24) is 10.2 Å². The molecular formula is C10H4BrCl2N3O3. The van der Waals surface area contributed by atoms with E-state index in [0.29, 0.717) is 4.47 Å². The summed E-state index contributed by atoms with van der Waals surface area (Å²) in [4.78, 5) is 10.2. The Kier molecular flexibility index (Phi) is 4.18. The maximum absolute atomic E-state index is 10.7. The highest BCUT2D eigenvalue weighted by Gasteiger charge is 2.12. The van der Waals surface area contributed by atoms with Crippen LogP contribution in [0, 0.1) is 10.1 Å². The molecule has 0 unspecified atom stereocenters. The Morgan fingerprint density at radius 2 is 1.95 bits per heavy atom. The van der Waals surface area contributed by atoms with Crippen LogP contribution in [-0.4, -0.2) is 15.1 Å². The summed E-state index contributed by atoms with van der Waals surface area (Å²) in [6, 6.07) is 5.53. The molecule has 0 spiro atoms. The number of hydrogen-bond acceptors (Lipinski definition) is 5. The summed E-state index contributed by atoms with van der Waals surface area (Å²) >= 11 is 14.6. The van der Waals surface area contributed by atoms with Gasteiger partial charge in [0.2, 0.25) is 0 Å². The third-order valence-electron chi connectivity index (χ3n) is 1.98. The molecule has 0 saturated heterocycles. The van der Waals surface area contributed by atoms with E-state index in [1.807, 2.05) is 0 Å². The predicted octanol–water partition coefficient (Wildman–Crippen LogP) is 4.25. The van der Waals surface area contributed by atoms with Crippen LogP contribution < -0.4 is 4.74 Å². The van der Waals surface area contributed by atoms with Crippen molar-refractivity contribution in [3.63, 3.8) is 0 Å². The summed E-state index contributed by atoms with van der Waals surface area (Å²) in [7, 11) is 0. The topological polar surface area (TPSA) is 78.2 Å². The average molecular weight is 365 g/mol. The fraction of sp³-hybridized carbons (Fsp3) is 0. The standard InChI is InChI=1S/C10H4BrCl2N3O3/c11-5-1-6(16(17)18)3-7(2-5)19-8-4-9(12)14-15-10(8)13/h1-4H. The van der Waals surface area contributed by atoms with Crippen LogP contribution in [0.15, 0.2) is 28.7 Å². The highest BCUT2D eigenvalue weighted by atomic mass is 79.9. The largest absolute Gasteiger partial charge is 0.454 e. The van der Waals surface area contributed by atoms with Crippen LogP contribution in [-0.2, 0) is 0 Å². The molecule has 0 amide bonds. The van der Waals surface area contributed by atoms with Crippen LogP contribution in [0.5, 0.6) is 11.5 Å². The summed E-state index contributed by atoms with van der Waals surface area (Å²) in [5.41, 5.74) is -0.117. The highest BCUT2D eigenvalue weighted by Crippen LogP contribution is 2.32. The van der Waals surface area contributed by atoms with Crippen LogP contribution in [0.4, 0.5) is 5.69 Å². The lowest BCUT2D eigenvalue weighted by molar-refractivity contribution is -0.385. The fourth-order valence-corrected chi connectivity index (χ4v) is 1.98. The van der Waals surface area contributed by atoms with Gasteiger partial charge in [-0.2, -0.15) is 0 Å². The van der Waals surface area contributed by atoms with E-state index in [9.17, 15) is 10.1 Å². The predicted molar refractivity (Wildman–Crippen MR) is 72.9 cm³/mol. The molecule has 0 atom stereocenters. The molecule has 0 aliphatic rings. The maximum atomic E-state index is 10.7. The fourth-order valence-electron chi connectivity index (χ4n) is 1.25. The number of nitro groups is 1. The molecule has 1 aromatic carbocycles. The normalized spacial score (nSPS) is 10.3. The van der Waals surface area contributed by atoms with Gasteiger partial charge in [-0.15, -0.1) is 10.2 Å². The second-order valence-electron chi connectivity index (χ2n) is 3.33. The van der Waals surface area contributed by atoms with Crippen LogP contribution in [0.25, 0.3) is 0 Å². The Hall–Kier alpha value is -1.44. The number of nitrogens with zero attached hydrogens (tertiary/aromatic N) is 3. The van der Waals surface area contributed by atoms with Crippen molar-refractivity contribution in [3.8, 4) is 11.5 Å². The van der Waals surface area contributed by atoms with Gasteiger partial charge < -0.3 is 4.74 Å². The van der Waals surface area contributed by atoms with Crippen molar-refractivity contribution < 1.29 is 9.66 Å². The number of non-ortho nitro benzene ring substituents is 1. The van der Waals surface area contributed by atoms with E-state index in [-0.39, 0.29) is 27.5 Å². The van der Waals surface area contributed by atoms with Gasteiger partial charge in [0.25, 0.3) is 5.69 Å². The van der Waals surface area contributed by atoms with E-state index in [1.54, 1.807) is 6.07 Å². The first-order valence-corrected chi connectivity index (χ1v) is 6.32. The molecule has 0 N–H and O–H groups in total. The molecule has 1 aromatic heterocycles. The lowest BCUT2D eigenvalue weighted by atomic mass is 10.3. The monoisotopic (exact) mass is 363 g/mol. The number of nitro benzene ring substituents is 1. The van der Waals surface area contributed by atoms with Gasteiger partial charge >= 0.3 is 0 Å². The molecule has 1 heterocycles. The third kappa shape index (κ3) is 3.52. The first-order chi connectivity index (χ1) is 8.95. The van der Waals surface area contributed by atoms with Gasteiger partial charge in [-0.05, 0) is 6.07 Å². The van der Waals surface area contributed by atoms with Crippen LogP contribution in [0.3, 0.4) is 0 Å². The summed E-state index contributed by atoms with van der Waals surface area (Å²) in [6.45, 7) is 0. The van der Waals surface area contributed by atoms with E-state index in [4.69, 9.17) is 27.9 Å². The minimum atomic E-state index is -0.531. The van der Waals surface area contributed by atoms with Gasteiger partial charge in [0.1, 0.15) is 5.75 Å². The Morgan fingerprint density at radius 1 is 1.21 bits per heavy atom. The summed E-state index contributed by atoms with van der Waals surface area (Å²) < 4.78 is 5.91. The molecule has 0 aliphatic carbocycles. The number of rotatable bonds is 3. The van der Waals surface area contributed by atoms with Gasteiger partial charge in [0.15, 0.2) is 16.1 Å². The molecule has 0 bridgehead atoms. The number of halogens is 3. The summed E-state index contributed by atoms with van der Waals surface area (Å²) in [6.07, 6.45) is 0. The first-order valence-electron chi connectivity index (χ1n) is 4.77. The van der Waals surface area contributed by atoms with E-state index < -0.39 is 4.92 Å². The van der Waals surface area contributed by atoms with Crippen molar-refractivity contribution in [1.29, 1.82) is 0 Å². The number of ether oxygens (including phenoxy) is 1. The number of benzene rings is 1. The van der Waals surface area contributed by atoms with Crippen LogP contribution in [0.2, 0.25) is 10.3 Å². The van der Waals surface area contributed by atoms with Crippen molar-refractivity contribution >= 4 is 44.8 Å². The molecular weight excluding hydrogens is 361 g/mol. The molecule has 0 radical (unpaired) electrons. The minimum Gasteiger partial charge on any atom is -0.454 e. The van der Waals surface area contributed by atoms with E-state index in [2.05, 4.69) is 26.1 Å². The maximum Gasteiger partial charge on any atom is 0.274 e. The Morgan fingerprint density at radius 3 is 2.63 bits per heavy atom. The number of hydrogen-bond donors (Lipinski definition) is 0. The molecule has 0 aliphatic heterocycles. The molecule has 2 aromatic rings. The van der Waals surface area contributed by atoms with E-state index in [1.165, 1.54) is 18.2 Å². The van der Waals surface area contributed by atoms with Gasteiger partial charge in [-0.25, -0.2) is 0 Å². The lowest BCUT2D eigenvalue weighted by Crippen LogP contribution is -1.93. The van der Waals surface area contributed by atoms with Crippen molar-refractivity contribution in [3.05, 3.63) is 49.2 Å². The molecule has 9 heteroatoms. The zero-order valence-corrected chi connectivity index (χ0v) is 12.1. The quantitative estimate of drug-likeness (QED) is 0.601. The Labute approximate surface area is 125 Å². The smallest absolute Gasteiger partial charge is 0.274 e. The summed E-state index contributed by atoms with van der Waals surface area (Å²) in [5.74, 6) is 0.390. The molecule has 2 rings (SSSR count). The van der Waals surface area contributed by atoms with E-state index >= 15 is 0 Å². The number of aromatic nitrogens is 2. The van der Waals surface area contributed by atoms with Crippen LogP contribution >= 0.6 is 39.1 Å². The lowest BCUT2D eigenvalue weighted by Gasteiger charge is -2.07. The Bertz CT molecular complexity index is 654. The zero-order valence-electron chi connectivity index (χ0n) is 9.01. The molecule has 19 heavy (non-hydrogen) atoms. The zero-order chi connectivity index (χ0) is 14.0. The van der Waals surface area contributed by atoms with Crippen molar-refractivity contribution in [2.75, 3.05) is 0 Å². The molecule has 6 nitrogen and oxygen atoms in total. The van der Waals surface area contributed by atoms with Crippen molar-refractivity contribution in [2.24, 2.45) is 0 Å². The van der Waals surface area contributed by atoms with Gasteiger partial charge in [0, 0.05) is 16.6 Å². The molecule has 98 valence electrons. The van der Waals surface area contributed by atoms with Gasteiger partial charge in [0.05, 0.1) is 11.0 Å². The second kappa shape index (κ2) is 5.68. The first kappa shape index (κ1) is 14.0. The highest BCUT2D eigenvalue weighted by molar-refractivity contribution is 9.10. The van der Waals surface area contributed by atoms with Crippen LogP contribution in [0.1, 0.15) is 0 Å². The van der Waals surface area contributed by atoms with Crippen molar-refractivity contribution in [2.45, 2.75) is 0 Å². The third-order valence-corrected chi connectivity index (χ3v) is 2.89. The second-order valence-corrected chi connectivity index (χ2v) is 4.99. The van der Waals surface area contributed by atoms with Gasteiger partial charge in [-0.3, -0.25) is 10.1 Å². The average Bonchev–Trinajstić information content (AvgIpc) is 2.33. The molecule has 0 saturated carbocycles. The Balaban J connectivity index is 2.38. The van der Waals surface area contributed by atoms with E-state index in [0.717, 1.165) is 0 Å². The summed E-state index contributed by atoms with van der Waals surface area (Å²) in [5, 5.41) is 17.9. The minimum absolute atomic E-state index is 0.00651. The SMILES string of the molecule is O=[N+]([O-])c1cc(Br)cc(Oc2cc(Cl)nnc2Cl)c1. The molecule has 0 fully saturated rings.